The van der Waals surface area contributed by atoms with Crippen molar-refractivity contribution in [3.63, 3.8) is 0 Å². The highest BCUT2D eigenvalue weighted by molar-refractivity contribution is 5.98. The first kappa shape index (κ1) is 15.4. The molecule has 1 atom stereocenters. The lowest BCUT2D eigenvalue weighted by atomic mass is 10.2. The molecule has 0 aliphatic heterocycles. The number of para-hydroxylation sites is 1. The fourth-order valence-electron chi connectivity index (χ4n) is 1.72. The Morgan fingerprint density at radius 1 is 1.23 bits per heavy atom. The standard InChI is InChI=1S/C15H16N4O3/c1-9-5-3-4-6-11(9)19-14(20)10(2)22-15(21)12-13(16)18-8-7-17-12/h3-8,10H,1-2H3,(H2,16,18)(H,19,20)/t10-/m0/s1. The van der Waals surface area contributed by atoms with Gasteiger partial charge in [0, 0.05) is 18.1 Å². The number of nitrogens with two attached hydrogens (primary N) is 1. The average molecular weight is 300 g/mol. The van der Waals surface area contributed by atoms with Crippen LogP contribution in [0.15, 0.2) is 36.7 Å². The Balaban J connectivity index is 2.01. The zero-order valence-electron chi connectivity index (χ0n) is 12.2. The predicted molar refractivity (Wildman–Crippen MR) is 81.1 cm³/mol. The molecule has 0 saturated heterocycles. The third-order valence-corrected chi connectivity index (χ3v) is 2.98. The van der Waals surface area contributed by atoms with Crippen LogP contribution in [0.25, 0.3) is 0 Å². The normalized spacial score (nSPS) is 11.5. The van der Waals surface area contributed by atoms with E-state index >= 15 is 0 Å². The minimum atomic E-state index is -0.992. The van der Waals surface area contributed by atoms with Gasteiger partial charge in [-0.05, 0) is 25.5 Å². The maximum Gasteiger partial charge on any atom is 0.361 e. The van der Waals surface area contributed by atoms with Crippen LogP contribution in [0.2, 0.25) is 0 Å². The fourth-order valence-corrected chi connectivity index (χ4v) is 1.72. The Labute approximate surface area is 127 Å². The molecule has 0 bridgehead atoms. The molecule has 1 aromatic carbocycles. The van der Waals surface area contributed by atoms with Crippen LogP contribution >= 0.6 is 0 Å². The van der Waals surface area contributed by atoms with Crippen molar-refractivity contribution >= 4 is 23.4 Å². The summed E-state index contributed by atoms with van der Waals surface area (Å²) in [4.78, 5) is 31.5. The van der Waals surface area contributed by atoms with E-state index in [2.05, 4.69) is 15.3 Å². The van der Waals surface area contributed by atoms with Gasteiger partial charge in [0.15, 0.2) is 17.6 Å². The molecule has 1 aromatic heterocycles. The molecule has 1 amide bonds. The highest BCUT2D eigenvalue weighted by Crippen LogP contribution is 2.14. The summed E-state index contributed by atoms with van der Waals surface area (Å²) in [6, 6.07) is 7.31. The number of aryl methyl sites for hydroxylation is 1. The molecule has 7 heteroatoms. The molecule has 0 saturated carbocycles. The molecule has 22 heavy (non-hydrogen) atoms. The first-order chi connectivity index (χ1) is 10.5. The molecule has 1 heterocycles. The van der Waals surface area contributed by atoms with E-state index in [1.54, 1.807) is 12.1 Å². The maximum absolute atomic E-state index is 12.1. The van der Waals surface area contributed by atoms with Gasteiger partial charge in [-0.1, -0.05) is 18.2 Å². The van der Waals surface area contributed by atoms with Gasteiger partial charge >= 0.3 is 5.97 Å². The number of anilines is 2. The van der Waals surface area contributed by atoms with Crippen LogP contribution in [0.1, 0.15) is 23.0 Å². The maximum atomic E-state index is 12.1. The van der Waals surface area contributed by atoms with E-state index in [0.29, 0.717) is 5.69 Å². The quantitative estimate of drug-likeness (QED) is 0.830. The van der Waals surface area contributed by atoms with Gasteiger partial charge in [0.1, 0.15) is 0 Å². The van der Waals surface area contributed by atoms with E-state index < -0.39 is 18.0 Å². The largest absolute Gasteiger partial charge is 0.448 e. The van der Waals surface area contributed by atoms with Crippen LogP contribution in [0.3, 0.4) is 0 Å². The van der Waals surface area contributed by atoms with Crippen molar-refractivity contribution in [2.75, 3.05) is 11.1 Å². The number of rotatable bonds is 4. The predicted octanol–water partition coefficient (Wildman–Crippen LogP) is 1.55. The first-order valence-corrected chi connectivity index (χ1v) is 6.63. The van der Waals surface area contributed by atoms with Crippen molar-refractivity contribution in [1.82, 2.24) is 9.97 Å². The highest BCUT2D eigenvalue weighted by atomic mass is 16.5. The minimum Gasteiger partial charge on any atom is -0.448 e. The van der Waals surface area contributed by atoms with Crippen LogP contribution in [-0.4, -0.2) is 27.9 Å². The number of carbonyl (C=O) groups excluding carboxylic acids is 2. The molecule has 0 aliphatic carbocycles. The van der Waals surface area contributed by atoms with Gasteiger partial charge in [-0.15, -0.1) is 0 Å². The van der Waals surface area contributed by atoms with E-state index in [9.17, 15) is 9.59 Å². The zero-order valence-corrected chi connectivity index (χ0v) is 12.2. The fraction of sp³-hybridized carbons (Fsp3) is 0.200. The van der Waals surface area contributed by atoms with Crippen molar-refractivity contribution in [1.29, 1.82) is 0 Å². The summed E-state index contributed by atoms with van der Waals surface area (Å²) >= 11 is 0. The summed E-state index contributed by atoms with van der Waals surface area (Å²) in [6.45, 7) is 3.34. The lowest BCUT2D eigenvalue weighted by Crippen LogP contribution is -2.30. The van der Waals surface area contributed by atoms with Crippen molar-refractivity contribution < 1.29 is 14.3 Å². The van der Waals surface area contributed by atoms with E-state index in [1.807, 2.05) is 19.1 Å². The second-order valence-corrected chi connectivity index (χ2v) is 4.64. The zero-order chi connectivity index (χ0) is 16.1. The number of hydrogen-bond donors (Lipinski definition) is 2. The Kier molecular flexibility index (Phi) is 4.67. The number of ether oxygens (including phenoxy) is 1. The van der Waals surface area contributed by atoms with Crippen molar-refractivity contribution in [2.24, 2.45) is 0 Å². The van der Waals surface area contributed by atoms with Gasteiger partial charge in [-0.3, -0.25) is 4.79 Å². The summed E-state index contributed by atoms with van der Waals surface area (Å²) in [5.41, 5.74) is 7.00. The van der Waals surface area contributed by atoms with Crippen LogP contribution in [0, 0.1) is 6.92 Å². The lowest BCUT2D eigenvalue weighted by Gasteiger charge is -2.14. The Bertz CT molecular complexity index is 703. The number of nitrogen functional groups attached to an aromatic ring is 1. The molecule has 0 unspecified atom stereocenters. The molecule has 0 radical (unpaired) electrons. The Hall–Kier alpha value is -2.96. The van der Waals surface area contributed by atoms with Crippen molar-refractivity contribution in [3.05, 3.63) is 47.9 Å². The molecule has 2 rings (SSSR count). The number of amides is 1. The second-order valence-electron chi connectivity index (χ2n) is 4.64. The molecule has 0 aliphatic rings. The van der Waals surface area contributed by atoms with Gasteiger partial charge in [-0.25, -0.2) is 14.8 Å². The van der Waals surface area contributed by atoms with Crippen LogP contribution in [0.4, 0.5) is 11.5 Å². The SMILES string of the molecule is Cc1ccccc1NC(=O)[C@H](C)OC(=O)c1nccnc1N. The number of aromatic nitrogens is 2. The molecule has 0 fully saturated rings. The van der Waals surface area contributed by atoms with E-state index in [1.165, 1.54) is 19.3 Å². The molecule has 3 N–H and O–H groups in total. The monoisotopic (exact) mass is 300 g/mol. The molecular formula is C15H16N4O3. The van der Waals surface area contributed by atoms with Gasteiger partial charge in [-0.2, -0.15) is 0 Å². The molecule has 114 valence electrons. The smallest absolute Gasteiger partial charge is 0.361 e. The Morgan fingerprint density at radius 2 is 1.91 bits per heavy atom. The number of nitrogens with zero attached hydrogens (tertiary/aromatic N) is 2. The van der Waals surface area contributed by atoms with Gasteiger partial charge in [0.25, 0.3) is 5.91 Å². The lowest BCUT2D eigenvalue weighted by molar-refractivity contribution is -0.123. The Morgan fingerprint density at radius 3 is 2.59 bits per heavy atom. The second kappa shape index (κ2) is 6.66. The topological polar surface area (TPSA) is 107 Å². The number of esters is 1. The number of hydrogen-bond acceptors (Lipinski definition) is 6. The van der Waals surface area contributed by atoms with Crippen LogP contribution in [0.5, 0.6) is 0 Å². The van der Waals surface area contributed by atoms with E-state index in [0.717, 1.165) is 5.56 Å². The third-order valence-electron chi connectivity index (χ3n) is 2.98. The summed E-state index contributed by atoms with van der Waals surface area (Å²) in [6.07, 6.45) is 1.69. The first-order valence-electron chi connectivity index (χ1n) is 6.63. The molecule has 7 nitrogen and oxygen atoms in total. The summed E-state index contributed by atoms with van der Waals surface area (Å²) < 4.78 is 5.06. The number of benzene rings is 1. The van der Waals surface area contributed by atoms with Crippen LogP contribution < -0.4 is 11.1 Å². The van der Waals surface area contributed by atoms with Crippen LogP contribution in [-0.2, 0) is 9.53 Å². The van der Waals surface area contributed by atoms with Crippen molar-refractivity contribution in [3.8, 4) is 0 Å². The summed E-state index contributed by atoms with van der Waals surface area (Å²) in [5, 5.41) is 2.70. The number of carbonyl (C=O) groups is 2. The average Bonchev–Trinajstić information content (AvgIpc) is 2.49. The van der Waals surface area contributed by atoms with Gasteiger partial charge in [0.05, 0.1) is 0 Å². The summed E-state index contributed by atoms with van der Waals surface area (Å²) in [5.74, 6) is -1.28. The minimum absolute atomic E-state index is 0.0426. The molecule has 2 aromatic rings. The molecule has 0 spiro atoms. The summed E-state index contributed by atoms with van der Waals surface area (Å²) in [7, 11) is 0. The third kappa shape index (κ3) is 3.57. The molecular weight excluding hydrogens is 284 g/mol. The van der Waals surface area contributed by atoms with Gasteiger partial charge in [0.2, 0.25) is 0 Å². The van der Waals surface area contributed by atoms with Crippen molar-refractivity contribution in [2.45, 2.75) is 20.0 Å². The highest BCUT2D eigenvalue weighted by Gasteiger charge is 2.22. The van der Waals surface area contributed by atoms with Gasteiger partial charge < -0.3 is 15.8 Å². The van der Waals surface area contributed by atoms with E-state index in [4.69, 9.17) is 10.5 Å². The number of nitrogens with one attached hydrogen (secondary N) is 1. The van der Waals surface area contributed by atoms with E-state index in [-0.39, 0.29) is 11.5 Å².